The number of rotatable bonds is 4. The number of aromatic amines is 1. The highest BCUT2D eigenvalue weighted by Crippen LogP contribution is 2.30. The van der Waals surface area contributed by atoms with Gasteiger partial charge in [-0.3, -0.25) is 4.98 Å². The first-order valence-corrected chi connectivity index (χ1v) is 7.60. The number of nitrogens with one attached hydrogen (secondary N) is 2. The maximum absolute atomic E-state index is 5.98. The quantitative estimate of drug-likeness (QED) is 0.674. The van der Waals surface area contributed by atoms with E-state index in [4.69, 9.17) is 11.6 Å². The van der Waals surface area contributed by atoms with Crippen molar-refractivity contribution in [3.63, 3.8) is 0 Å². The van der Waals surface area contributed by atoms with Gasteiger partial charge in [0.1, 0.15) is 0 Å². The number of fused-ring (bicyclic) bond motifs is 1. The van der Waals surface area contributed by atoms with E-state index in [1.54, 1.807) is 11.9 Å². The number of aryl methyl sites for hydroxylation is 1. The fourth-order valence-corrected chi connectivity index (χ4v) is 2.89. The van der Waals surface area contributed by atoms with Gasteiger partial charge in [0.15, 0.2) is 0 Å². The molecular formula is C15H14ClN3S. The molecule has 2 heterocycles. The van der Waals surface area contributed by atoms with Crippen LogP contribution in [-0.2, 0) is 6.42 Å². The molecule has 102 valence electrons. The van der Waals surface area contributed by atoms with Crippen molar-refractivity contribution in [2.75, 3.05) is 4.72 Å². The van der Waals surface area contributed by atoms with E-state index in [-0.39, 0.29) is 0 Å². The average molecular weight is 304 g/mol. The van der Waals surface area contributed by atoms with Crippen LogP contribution in [0.1, 0.15) is 12.6 Å². The van der Waals surface area contributed by atoms with E-state index in [9.17, 15) is 0 Å². The van der Waals surface area contributed by atoms with Crippen molar-refractivity contribution in [2.24, 2.45) is 0 Å². The van der Waals surface area contributed by atoms with Crippen molar-refractivity contribution in [1.29, 1.82) is 0 Å². The third kappa shape index (κ3) is 2.76. The van der Waals surface area contributed by atoms with Gasteiger partial charge in [0.05, 0.1) is 16.8 Å². The third-order valence-corrected chi connectivity index (χ3v) is 4.20. The number of hydrogen-bond donors (Lipinski definition) is 2. The zero-order valence-electron chi connectivity index (χ0n) is 11.0. The lowest BCUT2D eigenvalue weighted by atomic mass is 10.2. The normalized spacial score (nSPS) is 10.9. The molecule has 3 rings (SSSR count). The zero-order valence-corrected chi connectivity index (χ0v) is 12.6. The third-order valence-electron chi connectivity index (χ3n) is 3.07. The summed E-state index contributed by atoms with van der Waals surface area (Å²) in [4.78, 5) is 8.73. The van der Waals surface area contributed by atoms with Gasteiger partial charge < -0.3 is 9.71 Å². The lowest BCUT2D eigenvalue weighted by Gasteiger charge is -2.04. The number of pyridine rings is 1. The number of aromatic nitrogens is 2. The molecule has 3 aromatic rings. The second-order valence-electron chi connectivity index (χ2n) is 4.44. The van der Waals surface area contributed by atoms with Gasteiger partial charge in [-0.25, -0.2) is 0 Å². The summed E-state index contributed by atoms with van der Waals surface area (Å²) in [5.74, 6) is 0. The number of H-pyrrole nitrogens is 1. The van der Waals surface area contributed by atoms with Crippen molar-refractivity contribution >= 4 is 40.1 Å². The average Bonchev–Trinajstić information content (AvgIpc) is 2.88. The number of halogens is 1. The Bertz CT molecular complexity index is 722. The molecule has 0 spiro atoms. The SMILES string of the molecule is CCc1ccc(NSc2c[nH]c3cc(Cl)ccc23)cn1. The van der Waals surface area contributed by atoms with Gasteiger partial charge in [-0.2, -0.15) is 0 Å². The standard InChI is InChI=1S/C15H14ClN3S/c1-2-11-4-5-12(8-17-11)19-20-15-9-18-14-7-10(16)3-6-13(14)15/h3-9,18-19H,2H2,1H3. The van der Waals surface area contributed by atoms with Crippen LogP contribution in [0.25, 0.3) is 10.9 Å². The highest BCUT2D eigenvalue weighted by atomic mass is 35.5. The van der Waals surface area contributed by atoms with Gasteiger partial charge >= 0.3 is 0 Å². The minimum atomic E-state index is 0.739. The Labute approximate surface area is 126 Å². The Morgan fingerprint density at radius 1 is 1.30 bits per heavy atom. The van der Waals surface area contributed by atoms with Crippen molar-refractivity contribution < 1.29 is 0 Å². The lowest BCUT2D eigenvalue weighted by Crippen LogP contribution is -1.90. The molecule has 0 aliphatic rings. The number of benzene rings is 1. The summed E-state index contributed by atoms with van der Waals surface area (Å²) in [6.45, 7) is 2.10. The van der Waals surface area contributed by atoms with Crippen LogP contribution in [0.2, 0.25) is 5.02 Å². The van der Waals surface area contributed by atoms with Crippen molar-refractivity contribution in [1.82, 2.24) is 9.97 Å². The number of nitrogens with zero attached hydrogens (tertiary/aromatic N) is 1. The van der Waals surface area contributed by atoms with E-state index >= 15 is 0 Å². The molecule has 0 saturated heterocycles. The molecule has 5 heteroatoms. The van der Waals surface area contributed by atoms with Gasteiger partial charge in [0, 0.05) is 27.8 Å². The predicted molar refractivity (Wildman–Crippen MR) is 86.4 cm³/mol. The smallest absolute Gasteiger partial charge is 0.0628 e. The van der Waals surface area contributed by atoms with Crippen LogP contribution in [0.15, 0.2) is 47.6 Å². The molecule has 0 aliphatic carbocycles. The topological polar surface area (TPSA) is 40.7 Å². The Morgan fingerprint density at radius 2 is 2.20 bits per heavy atom. The summed E-state index contributed by atoms with van der Waals surface area (Å²) in [6, 6.07) is 9.94. The monoisotopic (exact) mass is 303 g/mol. The Balaban J connectivity index is 1.76. The molecule has 1 aromatic carbocycles. The summed E-state index contributed by atoms with van der Waals surface area (Å²) in [5.41, 5.74) is 3.14. The van der Waals surface area contributed by atoms with Crippen molar-refractivity contribution in [3.8, 4) is 0 Å². The van der Waals surface area contributed by atoms with Crippen LogP contribution in [0.5, 0.6) is 0 Å². The first-order chi connectivity index (χ1) is 9.76. The molecule has 2 N–H and O–H groups in total. The summed E-state index contributed by atoms with van der Waals surface area (Å²) in [6.07, 6.45) is 4.79. The molecule has 0 radical (unpaired) electrons. The Kier molecular flexibility index (Phi) is 3.85. The molecular weight excluding hydrogens is 290 g/mol. The summed E-state index contributed by atoms with van der Waals surface area (Å²) >= 11 is 7.54. The van der Waals surface area contributed by atoms with Crippen molar-refractivity contribution in [2.45, 2.75) is 18.2 Å². The summed E-state index contributed by atoms with van der Waals surface area (Å²) < 4.78 is 3.31. The molecule has 0 fully saturated rings. The van der Waals surface area contributed by atoms with Crippen molar-refractivity contribution in [3.05, 3.63) is 53.4 Å². The van der Waals surface area contributed by atoms with Crippen LogP contribution in [0.4, 0.5) is 5.69 Å². The largest absolute Gasteiger partial charge is 0.360 e. The van der Waals surface area contributed by atoms with Gasteiger partial charge in [-0.1, -0.05) is 24.6 Å². The van der Waals surface area contributed by atoms with Crippen LogP contribution in [0, 0.1) is 0 Å². The van der Waals surface area contributed by atoms with Gasteiger partial charge in [-0.15, -0.1) is 0 Å². The van der Waals surface area contributed by atoms with Crippen LogP contribution in [-0.4, -0.2) is 9.97 Å². The van der Waals surface area contributed by atoms with Gasteiger partial charge in [0.25, 0.3) is 0 Å². The molecule has 0 aliphatic heterocycles. The molecule has 0 unspecified atom stereocenters. The molecule has 0 saturated carbocycles. The maximum atomic E-state index is 5.98. The van der Waals surface area contributed by atoms with Crippen LogP contribution >= 0.6 is 23.5 Å². The molecule has 3 nitrogen and oxygen atoms in total. The first kappa shape index (κ1) is 13.3. The highest BCUT2D eigenvalue weighted by molar-refractivity contribution is 8.00. The maximum Gasteiger partial charge on any atom is 0.0628 e. The van der Waals surface area contributed by atoms with Gasteiger partial charge in [-0.05, 0) is 42.6 Å². The number of anilines is 1. The van der Waals surface area contributed by atoms with Crippen LogP contribution < -0.4 is 4.72 Å². The summed E-state index contributed by atoms with van der Waals surface area (Å²) in [7, 11) is 0. The fourth-order valence-electron chi connectivity index (χ4n) is 1.96. The Morgan fingerprint density at radius 3 is 2.95 bits per heavy atom. The minimum absolute atomic E-state index is 0.739. The van der Waals surface area contributed by atoms with E-state index in [0.29, 0.717) is 0 Å². The second-order valence-corrected chi connectivity index (χ2v) is 5.72. The van der Waals surface area contributed by atoms with Crippen LogP contribution in [0.3, 0.4) is 0 Å². The van der Waals surface area contributed by atoms with E-state index < -0.39 is 0 Å². The Hall–Kier alpha value is -1.65. The highest BCUT2D eigenvalue weighted by Gasteiger charge is 2.05. The van der Waals surface area contributed by atoms with E-state index in [2.05, 4.69) is 21.6 Å². The zero-order chi connectivity index (χ0) is 13.9. The van der Waals surface area contributed by atoms with Gasteiger partial charge in [0.2, 0.25) is 0 Å². The lowest BCUT2D eigenvalue weighted by molar-refractivity contribution is 1.04. The molecule has 0 amide bonds. The predicted octanol–water partition coefficient (Wildman–Crippen LogP) is 4.90. The van der Waals surface area contributed by atoms with E-state index in [1.165, 1.54) is 0 Å². The number of hydrogen-bond acceptors (Lipinski definition) is 3. The fraction of sp³-hybridized carbons (Fsp3) is 0.133. The minimum Gasteiger partial charge on any atom is -0.360 e. The molecule has 2 aromatic heterocycles. The first-order valence-electron chi connectivity index (χ1n) is 6.40. The second kappa shape index (κ2) is 5.77. The van der Waals surface area contributed by atoms with E-state index in [0.717, 1.165) is 38.6 Å². The molecule has 0 atom stereocenters. The summed E-state index contributed by atoms with van der Waals surface area (Å²) in [5, 5.41) is 1.90. The molecule has 20 heavy (non-hydrogen) atoms. The van der Waals surface area contributed by atoms with E-state index in [1.807, 2.05) is 42.7 Å². The molecule has 0 bridgehead atoms.